The Morgan fingerprint density at radius 3 is 2.26 bits per heavy atom. The van der Waals surface area contributed by atoms with E-state index in [9.17, 15) is 18.8 Å². The predicted octanol–water partition coefficient (Wildman–Crippen LogP) is 5.78. The highest BCUT2D eigenvalue weighted by atomic mass is 32.2. The van der Waals surface area contributed by atoms with Gasteiger partial charge in [0, 0.05) is 16.1 Å². The lowest BCUT2D eigenvalue weighted by Crippen LogP contribution is -2.33. The molecule has 0 aliphatic carbocycles. The number of carbonyl (C=O) groups excluding carboxylic acids is 3. The summed E-state index contributed by atoms with van der Waals surface area (Å²) in [6.45, 7) is 0. The number of rotatable bonds is 7. The fourth-order valence-electron chi connectivity index (χ4n) is 3.97. The first kappa shape index (κ1) is 25.9. The second kappa shape index (κ2) is 11.7. The summed E-state index contributed by atoms with van der Waals surface area (Å²) in [4.78, 5) is 39.4. The van der Waals surface area contributed by atoms with Gasteiger partial charge in [-0.25, -0.2) is 4.39 Å². The molecule has 1 aliphatic rings. The zero-order chi connectivity index (χ0) is 27.2. The van der Waals surface area contributed by atoms with Gasteiger partial charge in [-0.2, -0.15) is 10.1 Å². The Labute approximate surface area is 228 Å². The van der Waals surface area contributed by atoms with Crippen LogP contribution in [0.1, 0.15) is 27.6 Å². The van der Waals surface area contributed by atoms with E-state index < -0.39 is 11.1 Å². The Hall–Kier alpha value is -4.76. The maximum Gasteiger partial charge on any atom is 0.255 e. The molecule has 2 N–H and O–H groups in total. The van der Waals surface area contributed by atoms with Gasteiger partial charge >= 0.3 is 0 Å². The normalized spacial score (nSPS) is 13.5. The standard InChI is InChI=1S/C30H23FN4O3S/c31-22-16-14-21(15-17-22)29(37)32-23-10-7-13-25(18-23)39-28(20-8-3-1-4-9-20)30(38)33-26-19-27(36)35(34-26)24-11-5-2-6-12-24/h1-18,28H,19H2,(H,32,37)(H,33,34,38). The van der Waals surface area contributed by atoms with Crippen molar-refractivity contribution in [1.82, 2.24) is 5.32 Å². The molecule has 39 heavy (non-hydrogen) atoms. The van der Waals surface area contributed by atoms with Gasteiger partial charge in [-0.05, 0) is 60.2 Å². The Bertz CT molecular complexity index is 1530. The number of anilines is 2. The largest absolute Gasteiger partial charge is 0.322 e. The van der Waals surface area contributed by atoms with Crippen LogP contribution in [0.4, 0.5) is 15.8 Å². The number of hydrogen-bond donors (Lipinski definition) is 2. The number of nitrogens with zero attached hydrogens (tertiary/aromatic N) is 2. The SMILES string of the molecule is O=C(Nc1cccc(SC(C(=O)NC2=NN(c3ccccc3)C(=O)C2)c2ccccc2)c1)c1ccc(F)cc1. The Balaban J connectivity index is 1.33. The van der Waals surface area contributed by atoms with Crippen molar-refractivity contribution in [2.75, 3.05) is 10.3 Å². The number of thioether (sulfide) groups is 1. The van der Waals surface area contributed by atoms with E-state index in [0.717, 1.165) is 10.5 Å². The zero-order valence-electron chi connectivity index (χ0n) is 20.6. The lowest BCUT2D eigenvalue weighted by Gasteiger charge is -2.17. The molecule has 4 aromatic carbocycles. The van der Waals surface area contributed by atoms with Gasteiger partial charge in [0.2, 0.25) is 5.91 Å². The monoisotopic (exact) mass is 538 g/mol. The van der Waals surface area contributed by atoms with Gasteiger partial charge in [0.25, 0.3) is 11.8 Å². The van der Waals surface area contributed by atoms with E-state index in [-0.39, 0.29) is 30.0 Å². The predicted molar refractivity (Wildman–Crippen MR) is 150 cm³/mol. The van der Waals surface area contributed by atoms with Gasteiger partial charge < -0.3 is 10.6 Å². The minimum Gasteiger partial charge on any atom is -0.322 e. The van der Waals surface area contributed by atoms with Crippen LogP contribution >= 0.6 is 11.8 Å². The number of hydrogen-bond acceptors (Lipinski definition) is 5. The Kier molecular flexibility index (Phi) is 7.79. The molecule has 0 fully saturated rings. The van der Waals surface area contributed by atoms with Crippen molar-refractivity contribution < 1.29 is 18.8 Å². The summed E-state index contributed by atoms with van der Waals surface area (Å²) in [6.07, 6.45) is -0.0162. The second-order valence-electron chi connectivity index (χ2n) is 8.65. The maximum absolute atomic E-state index is 13.5. The number of hydrazone groups is 1. The van der Waals surface area contributed by atoms with Crippen LogP contribution in [0.3, 0.4) is 0 Å². The third-order valence-corrected chi connectivity index (χ3v) is 7.08. The van der Waals surface area contributed by atoms with Crippen LogP contribution in [0.5, 0.6) is 0 Å². The van der Waals surface area contributed by atoms with Crippen LogP contribution in [0.15, 0.2) is 119 Å². The summed E-state index contributed by atoms with van der Waals surface area (Å²) in [5, 5.41) is 10.6. The molecule has 3 amide bonds. The number of nitrogens with one attached hydrogen (secondary N) is 2. The van der Waals surface area contributed by atoms with Crippen LogP contribution < -0.4 is 15.6 Å². The van der Waals surface area contributed by atoms with E-state index in [4.69, 9.17) is 0 Å². The van der Waals surface area contributed by atoms with Crippen molar-refractivity contribution in [3.05, 3.63) is 126 Å². The van der Waals surface area contributed by atoms with E-state index in [0.29, 0.717) is 16.9 Å². The highest BCUT2D eigenvalue weighted by molar-refractivity contribution is 8.00. The molecule has 0 saturated carbocycles. The summed E-state index contributed by atoms with van der Waals surface area (Å²) >= 11 is 1.30. The van der Waals surface area contributed by atoms with Gasteiger partial charge in [-0.3, -0.25) is 14.4 Å². The van der Waals surface area contributed by atoms with Gasteiger partial charge in [0.05, 0.1) is 12.1 Å². The first-order chi connectivity index (χ1) is 19.0. The van der Waals surface area contributed by atoms with Crippen LogP contribution in [0, 0.1) is 5.82 Å². The Morgan fingerprint density at radius 1 is 0.846 bits per heavy atom. The van der Waals surface area contributed by atoms with Crippen molar-refractivity contribution in [3.8, 4) is 0 Å². The number of para-hydroxylation sites is 1. The third-order valence-electron chi connectivity index (χ3n) is 5.84. The topological polar surface area (TPSA) is 90.9 Å². The highest BCUT2D eigenvalue weighted by Gasteiger charge is 2.29. The van der Waals surface area contributed by atoms with Gasteiger partial charge in [0.1, 0.15) is 16.9 Å². The quantitative estimate of drug-likeness (QED) is 0.292. The molecular formula is C30H23FN4O3S. The number of halogens is 1. The maximum atomic E-state index is 13.5. The lowest BCUT2D eigenvalue weighted by atomic mass is 10.1. The van der Waals surface area contributed by atoms with Gasteiger partial charge in [-0.1, -0.05) is 54.6 Å². The first-order valence-electron chi connectivity index (χ1n) is 12.1. The number of benzene rings is 4. The smallest absolute Gasteiger partial charge is 0.255 e. The van der Waals surface area contributed by atoms with Crippen LogP contribution in [-0.4, -0.2) is 23.6 Å². The van der Waals surface area contributed by atoms with Crippen LogP contribution in [0.2, 0.25) is 0 Å². The van der Waals surface area contributed by atoms with Crippen LogP contribution in [-0.2, 0) is 9.59 Å². The molecule has 0 spiro atoms. The molecule has 0 bridgehead atoms. The zero-order valence-corrected chi connectivity index (χ0v) is 21.4. The van der Waals surface area contributed by atoms with Crippen molar-refractivity contribution in [2.45, 2.75) is 16.6 Å². The number of carbonyl (C=O) groups is 3. The molecule has 7 nitrogen and oxygen atoms in total. The van der Waals surface area contributed by atoms with Crippen molar-refractivity contribution in [3.63, 3.8) is 0 Å². The van der Waals surface area contributed by atoms with E-state index in [1.807, 2.05) is 54.6 Å². The van der Waals surface area contributed by atoms with E-state index in [2.05, 4.69) is 15.7 Å². The summed E-state index contributed by atoms with van der Waals surface area (Å²) in [5.41, 5.74) is 2.25. The molecule has 1 heterocycles. The number of amidine groups is 1. The van der Waals surface area contributed by atoms with Crippen molar-refractivity contribution in [2.24, 2.45) is 5.10 Å². The van der Waals surface area contributed by atoms with E-state index >= 15 is 0 Å². The average Bonchev–Trinajstić information content (AvgIpc) is 3.32. The van der Waals surface area contributed by atoms with Gasteiger partial charge in [-0.15, -0.1) is 11.8 Å². The lowest BCUT2D eigenvalue weighted by molar-refractivity contribution is -0.119. The fraction of sp³-hybridized carbons (Fsp3) is 0.0667. The molecule has 0 aromatic heterocycles. The second-order valence-corrected chi connectivity index (χ2v) is 9.83. The number of amides is 3. The van der Waals surface area contributed by atoms with Crippen molar-refractivity contribution >= 4 is 46.7 Å². The van der Waals surface area contributed by atoms with E-state index in [1.54, 1.807) is 30.3 Å². The molecule has 4 aromatic rings. The van der Waals surface area contributed by atoms with E-state index in [1.165, 1.54) is 41.0 Å². The molecule has 5 rings (SSSR count). The molecule has 1 atom stereocenters. The first-order valence-corrected chi connectivity index (χ1v) is 13.0. The van der Waals surface area contributed by atoms with Crippen molar-refractivity contribution in [1.29, 1.82) is 0 Å². The van der Waals surface area contributed by atoms with Gasteiger partial charge in [0.15, 0.2) is 0 Å². The summed E-state index contributed by atoms with van der Waals surface area (Å²) < 4.78 is 13.2. The molecule has 9 heteroatoms. The summed E-state index contributed by atoms with van der Waals surface area (Å²) in [6, 6.07) is 30.7. The molecular weight excluding hydrogens is 515 g/mol. The molecule has 0 saturated heterocycles. The minimum atomic E-state index is -0.655. The molecule has 1 unspecified atom stereocenters. The summed E-state index contributed by atoms with van der Waals surface area (Å²) in [5.74, 6) is -1.08. The molecule has 0 radical (unpaired) electrons. The minimum absolute atomic E-state index is 0.0162. The average molecular weight is 539 g/mol. The highest BCUT2D eigenvalue weighted by Crippen LogP contribution is 2.36. The third kappa shape index (κ3) is 6.39. The Morgan fingerprint density at radius 2 is 1.54 bits per heavy atom. The molecule has 194 valence electrons. The molecule has 1 aliphatic heterocycles. The summed E-state index contributed by atoms with van der Waals surface area (Å²) in [7, 11) is 0. The van der Waals surface area contributed by atoms with Crippen LogP contribution in [0.25, 0.3) is 0 Å². The fourth-order valence-corrected chi connectivity index (χ4v) is 5.05.